The third-order valence-corrected chi connectivity index (χ3v) is 3.75. The van der Waals surface area contributed by atoms with Crippen LogP contribution in [0.5, 0.6) is 5.75 Å². The first-order valence-corrected chi connectivity index (χ1v) is 8.48. The summed E-state index contributed by atoms with van der Waals surface area (Å²) in [5, 5.41) is 10.5. The van der Waals surface area contributed by atoms with E-state index in [4.69, 9.17) is 17.0 Å². The normalized spacial score (nSPS) is 11.1. The summed E-state index contributed by atoms with van der Waals surface area (Å²) in [5.74, 6) is 0.831. The van der Waals surface area contributed by atoms with Crippen LogP contribution >= 0.6 is 12.2 Å². The number of aryl methyl sites for hydroxylation is 1. The molecule has 0 aliphatic rings. The molecule has 2 rings (SSSR count). The predicted molar refractivity (Wildman–Crippen MR) is 97.5 cm³/mol. The number of rotatable bonds is 8. The van der Waals surface area contributed by atoms with Crippen molar-refractivity contribution in [2.24, 2.45) is 5.10 Å². The molecule has 0 saturated carbocycles. The molecule has 0 amide bonds. The Hall–Kier alpha value is -2.28. The summed E-state index contributed by atoms with van der Waals surface area (Å²) < 4.78 is 6.98. The zero-order valence-electron chi connectivity index (χ0n) is 14.0. The van der Waals surface area contributed by atoms with E-state index in [1.54, 1.807) is 13.1 Å². The molecule has 0 saturated heterocycles. The number of hydrogen-bond donors (Lipinski definition) is 1. The maximum Gasteiger partial charge on any atom is 0.296 e. The molecule has 7 heteroatoms. The zero-order chi connectivity index (χ0) is 17.4. The Morgan fingerprint density at radius 3 is 2.75 bits per heavy atom. The molecule has 0 radical (unpaired) electrons. The van der Waals surface area contributed by atoms with E-state index in [0.717, 1.165) is 29.0 Å². The maximum absolute atomic E-state index is 11.9. The summed E-state index contributed by atoms with van der Waals surface area (Å²) in [6.07, 6.45) is 6.31. The molecule has 0 unspecified atom stereocenters. The fraction of sp³-hybridized carbons (Fsp3) is 0.412. The molecule has 6 nitrogen and oxygen atoms in total. The van der Waals surface area contributed by atoms with Gasteiger partial charge in [0.2, 0.25) is 4.77 Å². The molecule has 24 heavy (non-hydrogen) atoms. The summed E-state index contributed by atoms with van der Waals surface area (Å²) in [5.41, 5.74) is 0.832. The van der Waals surface area contributed by atoms with Gasteiger partial charge in [0.05, 0.1) is 12.8 Å². The second-order valence-electron chi connectivity index (χ2n) is 5.45. The summed E-state index contributed by atoms with van der Waals surface area (Å²) in [6, 6.07) is 7.55. The lowest BCUT2D eigenvalue weighted by Crippen LogP contribution is -2.22. The van der Waals surface area contributed by atoms with Crippen LogP contribution in [-0.2, 0) is 0 Å². The largest absolute Gasteiger partial charge is 0.494 e. The first kappa shape index (κ1) is 18.1. The average Bonchev–Trinajstić information content (AvgIpc) is 2.59. The van der Waals surface area contributed by atoms with E-state index in [2.05, 4.69) is 22.2 Å². The van der Waals surface area contributed by atoms with E-state index in [0.29, 0.717) is 5.69 Å². The number of unbranched alkanes of at least 4 members (excludes halogenated alkanes) is 3. The van der Waals surface area contributed by atoms with Crippen molar-refractivity contribution in [2.75, 3.05) is 6.61 Å². The molecular weight excluding hydrogens is 324 g/mol. The van der Waals surface area contributed by atoms with Crippen molar-refractivity contribution in [3.63, 3.8) is 0 Å². The number of benzene rings is 1. The summed E-state index contributed by atoms with van der Waals surface area (Å²) in [7, 11) is 0. The minimum Gasteiger partial charge on any atom is -0.494 e. The molecule has 0 spiro atoms. The predicted octanol–water partition coefficient (Wildman–Crippen LogP) is 3.45. The van der Waals surface area contributed by atoms with Gasteiger partial charge >= 0.3 is 0 Å². The highest BCUT2D eigenvalue weighted by atomic mass is 32.1. The number of nitrogens with one attached hydrogen (secondary N) is 1. The van der Waals surface area contributed by atoms with Crippen molar-refractivity contribution in [1.29, 1.82) is 0 Å². The Kier molecular flexibility index (Phi) is 6.87. The first-order chi connectivity index (χ1) is 11.6. The molecule has 0 bridgehead atoms. The highest BCUT2D eigenvalue weighted by molar-refractivity contribution is 7.71. The average molecular weight is 346 g/mol. The van der Waals surface area contributed by atoms with Crippen molar-refractivity contribution in [2.45, 2.75) is 39.5 Å². The number of aromatic nitrogens is 3. The lowest BCUT2D eigenvalue weighted by molar-refractivity contribution is 0.305. The maximum atomic E-state index is 11.9. The Morgan fingerprint density at radius 2 is 2.04 bits per heavy atom. The fourth-order valence-electron chi connectivity index (χ4n) is 2.07. The molecule has 0 aliphatic heterocycles. The molecule has 0 fully saturated rings. The first-order valence-electron chi connectivity index (χ1n) is 8.07. The van der Waals surface area contributed by atoms with Crippen molar-refractivity contribution in [1.82, 2.24) is 14.9 Å². The summed E-state index contributed by atoms with van der Waals surface area (Å²) in [4.78, 5) is 11.9. The minimum atomic E-state index is -0.331. The van der Waals surface area contributed by atoms with Gasteiger partial charge in [-0.05, 0) is 55.4 Å². The van der Waals surface area contributed by atoms with E-state index < -0.39 is 0 Å². The molecule has 1 N–H and O–H groups in total. The number of H-pyrrole nitrogens is 1. The Labute approximate surface area is 146 Å². The number of nitrogens with zero attached hydrogens (tertiary/aromatic N) is 3. The SMILES string of the molecule is CCCCCCOc1ccc(C=Nn2c(=S)[nH]nc(C)c2=O)cc1. The van der Waals surface area contributed by atoms with Gasteiger partial charge in [0.1, 0.15) is 11.4 Å². The van der Waals surface area contributed by atoms with Gasteiger partial charge < -0.3 is 4.74 Å². The number of ether oxygens (including phenoxy) is 1. The van der Waals surface area contributed by atoms with Gasteiger partial charge in [-0.2, -0.15) is 14.9 Å². The van der Waals surface area contributed by atoms with Gasteiger partial charge in [0.15, 0.2) is 0 Å². The van der Waals surface area contributed by atoms with Crippen LogP contribution < -0.4 is 10.3 Å². The monoisotopic (exact) mass is 346 g/mol. The molecule has 1 heterocycles. The van der Waals surface area contributed by atoms with E-state index in [9.17, 15) is 4.79 Å². The summed E-state index contributed by atoms with van der Waals surface area (Å²) in [6.45, 7) is 4.52. The van der Waals surface area contributed by atoms with Gasteiger partial charge in [-0.15, -0.1) is 0 Å². The van der Waals surface area contributed by atoms with Crippen molar-refractivity contribution in [3.8, 4) is 5.75 Å². The van der Waals surface area contributed by atoms with Crippen molar-refractivity contribution in [3.05, 3.63) is 50.6 Å². The quantitative estimate of drug-likeness (QED) is 0.451. The van der Waals surface area contributed by atoms with Crippen LogP contribution in [0.2, 0.25) is 0 Å². The number of aromatic amines is 1. The second kappa shape index (κ2) is 9.12. The highest BCUT2D eigenvalue weighted by Gasteiger charge is 2.01. The van der Waals surface area contributed by atoms with Crippen molar-refractivity contribution < 1.29 is 4.74 Å². The third-order valence-electron chi connectivity index (χ3n) is 3.48. The fourth-order valence-corrected chi connectivity index (χ4v) is 2.25. The smallest absolute Gasteiger partial charge is 0.296 e. The van der Waals surface area contributed by atoms with Gasteiger partial charge in [0, 0.05) is 0 Å². The zero-order valence-corrected chi connectivity index (χ0v) is 14.8. The van der Waals surface area contributed by atoms with E-state index in [1.165, 1.54) is 19.3 Å². The van der Waals surface area contributed by atoms with Crippen LogP contribution in [0.25, 0.3) is 0 Å². The van der Waals surface area contributed by atoms with Crippen LogP contribution in [0, 0.1) is 11.7 Å². The Balaban J connectivity index is 1.98. The van der Waals surface area contributed by atoms with E-state index >= 15 is 0 Å². The van der Waals surface area contributed by atoms with Gasteiger partial charge in [0.25, 0.3) is 5.56 Å². The van der Waals surface area contributed by atoms with Crippen LogP contribution in [0.3, 0.4) is 0 Å². The lowest BCUT2D eigenvalue weighted by Gasteiger charge is -2.06. The highest BCUT2D eigenvalue weighted by Crippen LogP contribution is 2.12. The molecule has 2 aromatic rings. The number of hydrogen-bond acceptors (Lipinski definition) is 5. The second-order valence-corrected chi connectivity index (χ2v) is 5.84. The lowest BCUT2D eigenvalue weighted by atomic mass is 10.2. The third kappa shape index (κ3) is 5.13. The molecule has 0 atom stereocenters. The molecular formula is C17H22N4O2S. The van der Waals surface area contributed by atoms with Gasteiger partial charge in [-0.3, -0.25) is 9.89 Å². The van der Waals surface area contributed by atoms with E-state index in [1.807, 2.05) is 24.3 Å². The Morgan fingerprint density at radius 1 is 1.29 bits per heavy atom. The van der Waals surface area contributed by atoms with Gasteiger partial charge in [-0.1, -0.05) is 26.2 Å². The van der Waals surface area contributed by atoms with Crippen LogP contribution in [-0.4, -0.2) is 27.7 Å². The summed E-state index contributed by atoms with van der Waals surface area (Å²) >= 11 is 5.02. The van der Waals surface area contributed by atoms with Crippen LogP contribution in [0.1, 0.15) is 43.9 Å². The van der Waals surface area contributed by atoms with Crippen LogP contribution in [0.15, 0.2) is 34.2 Å². The minimum absolute atomic E-state index is 0.161. The molecule has 1 aromatic heterocycles. The topological polar surface area (TPSA) is 72.3 Å². The Bertz CT molecular complexity index is 793. The van der Waals surface area contributed by atoms with E-state index in [-0.39, 0.29) is 10.3 Å². The van der Waals surface area contributed by atoms with Gasteiger partial charge in [-0.25, -0.2) is 0 Å². The van der Waals surface area contributed by atoms with Crippen LogP contribution in [0.4, 0.5) is 0 Å². The molecule has 1 aromatic carbocycles. The van der Waals surface area contributed by atoms with Crippen molar-refractivity contribution >= 4 is 18.4 Å². The molecule has 0 aliphatic carbocycles. The standard InChI is InChI=1S/C17H22N4O2S/c1-3-4-5-6-11-23-15-9-7-14(8-10-15)12-18-21-16(22)13(2)19-20-17(21)24/h7-10,12H,3-6,11H2,1-2H3,(H,20,24). The molecule has 128 valence electrons.